The number of rotatable bonds is 5. The third kappa shape index (κ3) is 4.35. The Hall–Kier alpha value is -1.55. The van der Waals surface area contributed by atoms with Gasteiger partial charge >= 0.3 is 0 Å². The van der Waals surface area contributed by atoms with E-state index in [1.54, 1.807) is 0 Å². The van der Waals surface area contributed by atoms with Gasteiger partial charge in [0.15, 0.2) is 0 Å². The van der Waals surface area contributed by atoms with Crippen molar-refractivity contribution in [1.29, 1.82) is 0 Å². The molecule has 1 atom stereocenters. The Bertz CT molecular complexity index is 724. The minimum absolute atomic E-state index is 0.501. The molecule has 2 fully saturated rings. The molecule has 0 aromatic heterocycles. The highest BCUT2D eigenvalue weighted by molar-refractivity contribution is 6.30. The number of nitrogens with two attached hydrogens (primary N) is 1. The predicted molar refractivity (Wildman–Crippen MR) is 105 cm³/mol. The van der Waals surface area contributed by atoms with Crippen LogP contribution in [0.4, 0.5) is 5.69 Å². The molecule has 2 aromatic rings. The van der Waals surface area contributed by atoms with Crippen LogP contribution in [-0.2, 0) is 13.0 Å². The molecule has 1 aliphatic carbocycles. The summed E-state index contributed by atoms with van der Waals surface area (Å²) in [5.41, 5.74) is 11.2. The molecule has 0 unspecified atom stereocenters. The van der Waals surface area contributed by atoms with E-state index in [4.69, 9.17) is 17.3 Å². The van der Waals surface area contributed by atoms with Crippen LogP contribution < -0.4 is 11.1 Å². The molecular weight excluding hydrogens is 330 g/mol. The van der Waals surface area contributed by atoms with E-state index in [0.717, 1.165) is 49.2 Å². The molecule has 132 valence electrons. The second kappa shape index (κ2) is 7.36. The van der Waals surface area contributed by atoms with Crippen molar-refractivity contribution in [2.24, 2.45) is 0 Å². The summed E-state index contributed by atoms with van der Waals surface area (Å²) < 4.78 is 0. The fourth-order valence-corrected chi connectivity index (χ4v) is 3.95. The second-order valence-corrected chi connectivity index (χ2v) is 7.88. The molecule has 0 spiro atoms. The minimum atomic E-state index is 0.501. The van der Waals surface area contributed by atoms with Gasteiger partial charge in [0.1, 0.15) is 0 Å². The molecule has 0 amide bonds. The first-order valence-electron chi connectivity index (χ1n) is 9.26. The lowest BCUT2D eigenvalue weighted by Crippen LogP contribution is -2.51. The molecule has 2 aromatic carbocycles. The Kier molecular flexibility index (Phi) is 4.98. The summed E-state index contributed by atoms with van der Waals surface area (Å²) in [5, 5.41) is 4.34. The highest BCUT2D eigenvalue weighted by atomic mass is 35.5. The van der Waals surface area contributed by atoms with Crippen LogP contribution in [0, 0.1) is 0 Å². The lowest BCUT2D eigenvalue weighted by Gasteiger charge is -2.36. The van der Waals surface area contributed by atoms with Gasteiger partial charge in [0, 0.05) is 42.9 Å². The molecule has 25 heavy (non-hydrogen) atoms. The Balaban J connectivity index is 1.48. The number of halogens is 1. The van der Waals surface area contributed by atoms with E-state index in [2.05, 4.69) is 40.5 Å². The Morgan fingerprint density at radius 1 is 1.08 bits per heavy atom. The zero-order valence-electron chi connectivity index (χ0n) is 14.5. The summed E-state index contributed by atoms with van der Waals surface area (Å²) in [6.07, 6.45) is 3.67. The molecule has 4 heteroatoms. The number of hydrogen-bond donors (Lipinski definition) is 2. The molecule has 3 nitrogen and oxygen atoms in total. The van der Waals surface area contributed by atoms with Crippen LogP contribution in [0.15, 0.2) is 42.5 Å². The lowest BCUT2D eigenvalue weighted by atomic mass is 10.0. The first-order valence-corrected chi connectivity index (χ1v) is 9.64. The monoisotopic (exact) mass is 355 g/mol. The fourth-order valence-electron chi connectivity index (χ4n) is 3.83. The topological polar surface area (TPSA) is 41.3 Å². The summed E-state index contributed by atoms with van der Waals surface area (Å²) in [7, 11) is 0. The van der Waals surface area contributed by atoms with Gasteiger partial charge in [-0.3, -0.25) is 4.90 Å². The van der Waals surface area contributed by atoms with Crippen molar-refractivity contribution in [1.82, 2.24) is 10.2 Å². The van der Waals surface area contributed by atoms with E-state index in [1.807, 2.05) is 12.1 Å². The maximum absolute atomic E-state index is 6.16. The van der Waals surface area contributed by atoms with Gasteiger partial charge in [-0.1, -0.05) is 29.8 Å². The van der Waals surface area contributed by atoms with Crippen molar-refractivity contribution in [2.75, 3.05) is 25.4 Å². The van der Waals surface area contributed by atoms with Crippen molar-refractivity contribution < 1.29 is 0 Å². The number of anilines is 1. The van der Waals surface area contributed by atoms with Crippen LogP contribution in [0.1, 0.15) is 35.4 Å². The lowest BCUT2D eigenvalue weighted by molar-refractivity contribution is 0.152. The van der Waals surface area contributed by atoms with Crippen LogP contribution in [0.5, 0.6) is 0 Å². The molecule has 2 aliphatic rings. The molecule has 1 aliphatic heterocycles. The molecule has 1 saturated heterocycles. The van der Waals surface area contributed by atoms with Crippen molar-refractivity contribution in [3.8, 4) is 0 Å². The van der Waals surface area contributed by atoms with E-state index in [9.17, 15) is 0 Å². The number of piperazine rings is 1. The van der Waals surface area contributed by atoms with Gasteiger partial charge in [-0.2, -0.15) is 0 Å². The smallest absolute Gasteiger partial charge is 0.0406 e. The first kappa shape index (κ1) is 16.9. The van der Waals surface area contributed by atoms with Crippen LogP contribution in [0.25, 0.3) is 0 Å². The van der Waals surface area contributed by atoms with Crippen LogP contribution >= 0.6 is 11.6 Å². The average Bonchev–Trinajstić information content (AvgIpc) is 3.43. The van der Waals surface area contributed by atoms with E-state index in [1.165, 1.54) is 29.5 Å². The summed E-state index contributed by atoms with van der Waals surface area (Å²) >= 11 is 6.02. The molecule has 1 heterocycles. The van der Waals surface area contributed by atoms with E-state index in [0.29, 0.717) is 6.04 Å². The molecule has 1 saturated carbocycles. The molecular formula is C21H26ClN3. The van der Waals surface area contributed by atoms with Gasteiger partial charge in [0.2, 0.25) is 0 Å². The van der Waals surface area contributed by atoms with Crippen molar-refractivity contribution >= 4 is 17.3 Å². The minimum Gasteiger partial charge on any atom is -0.399 e. The summed E-state index contributed by atoms with van der Waals surface area (Å²) in [5.74, 6) is 0.745. The highest BCUT2D eigenvalue weighted by Crippen LogP contribution is 2.41. The maximum Gasteiger partial charge on any atom is 0.0406 e. The van der Waals surface area contributed by atoms with Gasteiger partial charge in [-0.15, -0.1) is 0 Å². The zero-order chi connectivity index (χ0) is 17.2. The normalized spacial score (nSPS) is 21.4. The van der Waals surface area contributed by atoms with Gasteiger partial charge in [-0.25, -0.2) is 0 Å². The third-order valence-electron chi connectivity index (χ3n) is 5.33. The number of hydrogen-bond acceptors (Lipinski definition) is 3. The second-order valence-electron chi connectivity index (χ2n) is 7.44. The van der Waals surface area contributed by atoms with Crippen molar-refractivity contribution in [3.05, 3.63) is 64.2 Å². The largest absolute Gasteiger partial charge is 0.399 e. The highest BCUT2D eigenvalue weighted by Gasteiger charge is 2.26. The van der Waals surface area contributed by atoms with E-state index >= 15 is 0 Å². The summed E-state index contributed by atoms with van der Waals surface area (Å²) in [4.78, 5) is 2.59. The first-order chi connectivity index (χ1) is 12.2. The van der Waals surface area contributed by atoms with Gasteiger partial charge < -0.3 is 11.1 Å². The number of nitrogens with zero attached hydrogens (tertiary/aromatic N) is 1. The Morgan fingerprint density at radius 2 is 1.88 bits per heavy atom. The molecule has 0 radical (unpaired) electrons. The number of nitrogen functional groups attached to an aromatic ring is 1. The molecule has 4 rings (SSSR count). The average molecular weight is 356 g/mol. The molecule has 0 bridgehead atoms. The van der Waals surface area contributed by atoms with E-state index < -0.39 is 0 Å². The standard InChI is InChI=1S/C21H26ClN3/c22-19-5-1-15(2-6-19)11-21-13-24-7-8-25(21)14-16-9-18(17-3-4-17)12-20(23)10-16/h1-2,5-6,9-10,12,17,21,24H,3-4,7-8,11,13-14,23H2/t21-/m0/s1. The quantitative estimate of drug-likeness (QED) is 0.801. The van der Waals surface area contributed by atoms with E-state index in [-0.39, 0.29) is 0 Å². The van der Waals surface area contributed by atoms with Crippen LogP contribution in [0.2, 0.25) is 5.02 Å². The Morgan fingerprint density at radius 3 is 2.64 bits per heavy atom. The van der Waals surface area contributed by atoms with Crippen LogP contribution in [0.3, 0.4) is 0 Å². The zero-order valence-corrected chi connectivity index (χ0v) is 15.3. The van der Waals surface area contributed by atoms with Gasteiger partial charge in [0.05, 0.1) is 0 Å². The number of nitrogens with one attached hydrogen (secondary N) is 1. The van der Waals surface area contributed by atoms with Crippen molar-refractivity contribution in [2.45, 2.75) is 37.8 Å². The van der Waals surface area contributed by atoms with Crippen LogP contribution in [-0.4, -0.2) is 30.6 Å². The third-order valence-corrected chi connectivity index (χ3v) is 5.58. The SMILES string of the molecule is Nc1cc(CN2CCNC[C@@H]2Cc2ccc(Cl)cc2)cc(C2CC2)c1. The predicted octanol–water partition coefficient (Wildman–Crippen LogP) is 3.82. The number of benzene rings is 2. The van der Waals surface area contributed by atoms with Gasteiger partial charge in [-0.05, 0) is 66.1 Å². The Labute approximate surface area is 155 Å². The van der Waals surface area contributed by atoms with Crippen molar-refractivity contribution in [3.63, 3.8) is 0 Å². The van der Waals surface area contributed by atoms with Gasteiger partial charge in [0.25, 0.3) is 0 Å². The summed E-state index contributed by atoms with van der Waals surface area (Å²) in [6, 6.07) is 15.4. The fraction of sp³-hybridized carbons (Fsp3) is 0.429. The molecule has 3 N–H and O–H groups in total. The maximum atomic E-state index is 6.16. The summed E-state index contributed by atoms with van der Waals surface area (Å²) in [6.45, 7) is 4.13.